The van der Waals surface area contributed by atoms with Crippen LogP contribution < -0.4 is 11.1 Å². The number of nitrogens with zero attached hydrogens (tertiary/aromatic N) is 3. The fourth-order valence-corrected chi connectivity index (χ4v) is 2.05. The molecule has 0 unspecified atom stereocenters. The van der Waals surface area contributed by atoms with Crippen molar-refractivity contribution in [2.24, 2.45) is 0 Å². The molecule has 1 amide bonds. The van der Waals surface area contributed by atoms with E-state index in [1.54, 1.807) is 17.1 Å². The summed E-state index contributed by atoms with van der Waals surface area (Å²) >= 11 is 0. The second-order valence-electron chi connectivity index (χ2n) is 5.52. The Labute approximate surface area is 124 Å². The lowest BCUT2D eigenvalue weighted by molar-refractivity contribution is -0.125. The average molecular weight is 287 g/mol. The molecular formula is C15H21N5O. The lowest BCUT2D eigenvalue weighted by atomic mass is 9.83. The molecule has 6 heteroatoms. The Morgan fingerprint density at radius 1 is 1.33 bits per heavy atom. The molecule has 0 spiro atoms. The van der Waals surface area contributed by atoms with Crippen molar-refractivity contribution in [3.05, 3.63) is 42.2 Å². The summed E-state index contributed by atoms with van der Waals surface area (Å²) in [6.07, 6.45) is 4.26. The first-order valence-corrected chi connectivity index (χ1v) is 6.98. The van der Waals surface area contributed by atoms with E-state index < -0.39 is 5.41 Å². The maximum Gasteiger partial charge on any atom is 0.230 e. The first-order chi connectivity index (χ1) is 10.00. The van der Waals surface area contributed by atoms with E-state index in [0.29, 0.717) is 12.2 Å². The van der Waals surface area contributed by atoms with Crippen LogP contribution in [0.4, 0.5) is 5.69 Å². The van der Waals surface area contributed by atoms with Crippen LogP contribution in [0.3, 0.4) is 0 Å². The molecule has 0 saturated heterocycles. The predicted octanol–water partition coefficient (Wildman–Crippen LogP) is 1.34. The molecule has 2 rings (SSSR count). The van der Waals surface area contributed by atoms with E-state index in [9.17, 15) is 4.79 Å². The van der Waals surface area contributed by atoms with E-state index in [1.165, 1.54) is 0 Å². The van der Waals surface area contributed by atoms with Crippen molar-refractivity contribution in [2.45, 2.75) is 32.2 Å². The molecule has 21 heavy (non-hydrogen) atoms. The number of rotatable bonds is 6. The van der Waals surface area contributed by atoms with Crippen LogP contribution in [0, 0.1) is 0 Å². The highest BCUT2D eigenvalue weighted by Crippen LogP contribution is 2.24. The minimum Gasteiger partial charge on any atom is -0.399 e. The molecule has 1 aromatic heterocycles. The predicted molar refractivity (Wildman–Crippen MR) is 81.5 cm³/mol. The Hall–Kier alpha value is -2.37. The molecule has 0 bridgehead atoms. The lowest BCUT2D eigenvalue weighted by Crippen LogP contribution is -2.40. The van der Waals surface area contributed by atoms with E-state index in [1.807, 2.05) is 38.1 Å². The molecule has 0 aliphatic carbocycles. The van der Waals surface area contributed by atoms with Gasteiger partial charge in [-0.05, 0) is 38.0 Å². The van der Waals surface area contributed by atoms with Gasteiger partial charge in [-0.25, -0.2) is 0 Å². The normalized spacial score (nSPS) is 11.3. The van der Waals surface area contributed by atoms with Crippen LogP contribution in [0.5, 0.6) is 0 Å². The number of anilines is 1. The third-order valence-electron chi connectivity index (χ3n) is 3.52. The zero-order valence-corrected chi connectivity index (χ0v) is 12.4. The number of amides is 1. The van der Waals surface area contributed by atoms with Crippen molar-refractivity contribution < 1.29 is 4.79 Å². The third-order valence-corrected chi connectivity index (χ3v) is 3.52. The zero-order chi connectivity index (χ0) is 15.3. The number of benzene rings is 1. The van der Waals surface area contributed by atoms with Crippen LogP contribution in [0.25, 0.3) is 0 Å². The monoisotopic (exact) mass is 287 g/mol. The molecule has 0 fully saturated rings. The lowest BCUT2D eigenvalue weighted by Gasteiger charge is -2.24. The quantitative estimate of drug-likeness (QED) is 0.620. The number of nitrogen functional groups attached to an aromatic ring is 1. The number of hydrogen-bond acceptors (Lipinski definition) is 4. The molecule has 1 heterocycles. The standard InChI is InChI=1S/C15H21N5O/c1-15(2,12-4-6-13(16)7-5-12)14(21)17-8-3-10-20-11-9-18-19-20/h4-7,9,11H,3,8,10,16H2,1-2H3,(H,17,21). The topological polar surface area (TPSA) is 85.8 Å². The summed E-state index contributed by atoms with van der Waals surface area (Å²) in [4.78, 5) is 12.3. The van der Waals surface area contributed by atoms with Crippen LogP contribution in [0.2, 0.25) is 0 Å². The van der Waals surface area contributed by atoms with Crippen molar-refractivity contribution >= 4 is 11.6 Å². The van der Waals surface area contributed by atoms with Gasteiger partial charge in [-0.2, -0.15) is 0 Å². The summed E-state index contributed by atoms with van der Waals surface area (Å²) in [5.41, 5.74) is 6.74. The van der Waals surface area contributed by atoms with Crippen LogP contribution in [-0.2, 0) is 16.8 Å². The first-order valence-electron chi connectivity index (χ1n) is 6.98. The highest BCUT2D eigenvalue weighted by atomic mass is 16.2. The summed E-state index contributed by atoms with van der Waals surface area (Å²) in [6, 6.07) is 7.42. The zero-order valence-electron chi connectivity index (χ0n) is 12.4. The molecule has 0 saturated carbocycles. The van der Waals surface area contributed by atoms with Crippen molar-refractivity contribution in [1.29, 1.82) is 0 Å². The van der Waals surface area contributed by atoms with Gasteiger partial charge in [0.15, 0.2) is 0 Å². The maximum absolute atomic E-state index is 12.3. The second-order valence-corrected chi connectivity index (χ2v) is 5.52. The summed E-state index contributed by atoms with van der Waals surface area (Å²) in [5, 5.41) is 10.6. The van der Waals surface area contributed by atoms with E-state index in [0.717, 1.165) is 18.5 Å². The van der Waals surface area contributed by atoms with Gasteiger partial charge in [-0.15, -0.1) is 5.10 Å². The average Bonchev–Trinajstić information content (AvgIpc) is 2.97. The first kappa shape index (κ1) is 15.0. The number of carbonyl (C=O) groups excluding carboxylic acids is 1. The molecule has 3 N–H and O–H groups in total. The molecule has 0 aliphatic heterocycles. The second kappa shape index (κ2) is 6.39. The summed E-state index contributed by atoms with van der Waals surface area (Å²) in [5.74, 6) is 0.00543. The fourth-order valence-electron chi connectivity index (χ4n) is 2.05. The fraction of sp³-hybridized carbons (Fsp3) is 0.400. The highest BCUT2D eigenvalue weighted by molar-refractivity contribution is 5.87. The highest BCUT2D eigenvalue weighted by Gasteiger charge is 2.29. The van der Waals surface area contributed by atoms with Crippen molar-refractivity contribution in [2.75, 3.05) is 12.3 Å². The molecular weight excluding hydrogens is 266 g/mol. The Morgan fingerprint density at radius 3 is 2.67 bits per heavy atom. The Bertz CT molecular complexity index is 575. The van der Waals surface area contributed by atoms with Gasteiger partial charge in [0, 0.05) is 25.0 Å². The maximum atomic E-state index is 12.3. The number of nitrogens with two attached hydrogens (primary N) is 1. The molecule has 6 nitrogen and oxygen atoms in total. The number of aryl methyl sites for hydroxylation is 1. The molecule has 2 aromatic rings. The van der Waals surface area contributed by atoms with Gasteiger partial charge >= 0.3 is 0 Å². The minimum absolute atomic E-state index is 0.00543. The van der Waals surface area contributed by atoms with E-state index >= 15 is 0 Å². The van der Waals surface area contributed by atoms with Crippen LogP contribution in [-0.4, -0.2) is 27.4 Å². The van der Waals surface area contributed by atoms with Gasteiger partial charge in [-0.1, -0.05) is 17.3 Å². The molecule has 0 aliphatic rings. The minimum atomic E-state index is -0.582. The molecule has 112 valence electrons. The van der Waals surface area contributed by atoms with Gasteiger partial charge in [0.1, 0.15) is 0 Å². The van der Waals surface area contributed by atoms with E-state index in [4.69, 9.17) is 5.73 Å². The van der Waals surface area contributed by atoms with Crippen molar-refractivity contribution in [3.8, 4) is 0 Å². The number of carbonyl (C=O) groups is 1. The molecule has 1 aromatic carbocycles. The smallest absolute Gasteiger partial charge is 0.230 e. The number of hydrogen-bond donors (Lipinski definition) is 2. The largest absolute Gasteiger partial charge is 0.399 e. The van der Waals surface area contributed by atoms with Crippen LogP contribution in [0.1, 0.15) is 25.8 Å². The van der Waals surface area contributed by atoms with Gasteiger partial charge in [0.05, 0.1) is 11.6 Å². The number of nitrogens with one attached hydrogen (secondary N) is 1. The van der Waals surface area contributed by atoms with Gasteiger partial charge in [0.25, 0.3) is 0 Å². The number of aromatic nitrogens is 3. The third kappa shape index (κ3) is 3.81. The Morgan fingerprint density at radius 2 is 2.05 bits per heavy atom. The van der Waals surface area contributed by atoms with E-state index in [-0.39, 0.29) is 5.91 Å². The summed E-state index contributed by atoms with van der Waals surface area (Å²) in [7, 11) is 0. The Kier molecular flexibility index (Phi) is 4.57. The van der Waals surface area contributed by atoms with Crippen LogP contribution >= 0.6 is 0 Å². The molecule has 0 atom stereocenters. The van der Waals surface area contributed by atoms with E-state index in [2.05, 4.69) is 15.6 Å². The SMILES string of the molecule is CC(C)(C(=O)NCCCn1ccnn1)c1ccc(N)cc1. The molecule has 0 radical (unpaired) electrons. The summed E-state index contributed by atoms with van der Waals surface area (Å²) in [6.45, 7) is 5.16. The van der Waals surface area contributed by atoms with Crippen molar-refractivity contribution in [1.82, 2.24) is 20.3 Å². The van der Waals surface area contributed by atoms with Crippen molar-refractivity contribution in [3.63, 3.8) is 0 Å². The van der Waals surface area contributed by atoms with Gasteiger partial charge < -0.3 is 11.1 Å². The Balaban J connectivity index is 1.85. The van der Waals surface area contributed by atoms with Crippen LogP contribution in [0.15, 0.2) is 36.7 Å². The summed E-state index contributed by atoms with van der Waals surface area (Å²) < 4.78 is 1.75. The van der Waals surface area contributed by atoms with Gasteiger partial charge in [0.2, 0.25) is 5.91 Å². The van der Waals surface area contributed by atoms with Gasteiger partial charge in [-0.3, -0.25) is 9.48 Å².